The zero-order valence-corrected chi connectivity index (χ0v) is 27.3. The Bertz CT molecular complexity index is 2850. The molecular formula is C43H25N3OSe. The Morgan fingerprint density at radius 3 is 1.81 bits per heavy atom. The van der Waals surface area contributed by atoms with Crippen LogP contribution in [0.1, 0.15) is 0 Å². The van der Waals surface area contributed by atoms with Crippen molar-refractivity contribution in [2.75, 3.05) is 0 Å². The van der Waals surface area contributed by atoms with E-state index in [4.69, 9.17) is 19.4 Å². The van der Waals surface area contributed by atoms with Crippen LogP contribution in [-0.2, 0) is 0 Å². The van der Waals surface area contributed by atoms with Crippen LogP contribution in [0.25, 0.3) is 97.3 Å². The van der Waals surface area contributed by atoms with Crippen LogP contribution in [0.3, 0.4) is 0 Å². The molecule has 0 radical (unpaired) electrons. The molecule has 0 fully saturated rings. The van der Waals surface area contributed by atoms with E-state index in [1.54, 1.807) is 0 Å². The number of benzene rings is 7. The summed E-state index contributed by atoms with van der Waals surface area (Å²) in [6.07, 6.45) is 0. The van der Waals surface area contributed by atoms with Crippen molar-refractivity contribution in [2.24, 2.45) is 0 Å². The zero-order valence-electron chi connectivity index (χ0n) is 25.6. The molecule has 0 saturated heterocycles. The fourth-order valence-electron chi connectivity index (χ4n) is 6.98. The van der Waals surface area contributed by atoms with E-state index >= 15 is 0 Å². The normalized spacial score (nSPS) is 11.8. The number of rotatable bonds is 4. The second-order valence-corrected chi connectivity index (χ2v) is 14.1. The predicted octanol–water partition coefficient (Wildman–Crippen LogP) is 11.0. The second kappa shape index (κ2) is 10.9. The maximum absolute atomic E-state index is 6.24. The molecule has 0 saturated carbocycles. The molecule has 0 aliphatic rings. The molecule has 10 rings (SSSR count). The molecular weight excluding hydrogens is 653 g/mol. The Morgan fingerprint density at radius 2 is 0.958 bits per heavy atom. The van der Waals surface area contributed by atoms with Gasteiger partial charge in [0, 0.05) is 0 Å². The van der Waals surface area contributed by atoms with Gasteiger partial charge in [-0.15, -0.1) is 0 Å². The quantitative estimate of drug-likeness (QED) is 0.174. The van der Waals surface area contributed by atoms with Gasteiger partial charge in [0.05, 0.1) is 0 Å². The molecule has 0 N–H and O–H groups in total. The number of hydrogen-bond donors (Lipinski definition) is 0. The summed E-state index contributed by atoms with van der Waals surface area (Å²) in [7, 11) is 0. The van der Waals surface area contributed by atoms with Gasteiger partial charge in [0.25, 0.3) is 0 Å². The number of para-hydroxylation sites is 1. The molecule has 10 aromatic rings. The molecule has 0 spiro atoms. The van der Waals surface area contributed by atoms with E-state index in [1.807, 2.05) is 60.7 Å². The monoisotopic (exact) mass is 679 g/mol. The summed E-state index contributed by atoms with van der Waals surface area (Å²) in [4.78, 5) is 15.4. The fourth-order valence-corrected chi connectivity index (χ4v) is 9.56. The molecule has 7 aromatic carbocycles. The summed E-state index contributed by atoms with van der Waals surface area (Å²) in [5.41, 5.74) is 7.01. The van der Waals surface area contributed by atoms with Crippen LogP contribution in [0.2, 0.25) is 0 Å². The standard InChI is InChI=1S/C43H25N3OSe/c1-2-12-26(13-3-1)41-44-42(46-43(45-41)35-20-11-22-37-39(35)34-17-6-8-21-36(34)47-37)33-25-24-29(27-14-4-5-15-28(27)33)31-18-10-19-32-30-16-7-9-23-38(30)48-40(31)32/h1-25H. The van der Waals surface area contributed by atoms with Crippen LogP contribution in [0.5, 0.6) is 0 Å². The summed E-state index contributed by atoms with van der Waals surface area (Å²) in [6, 6.07) is 53.0. The van der Waals surface area contributed by atoms with Crippen LogP contribution in [0, 0.1) is 0 Å². The Labute approximate surface area is 281 Å². The third kappa shape index (κ3) is 4.26. The van der Waals surface area contributed by atoms with Gasteiger partial charge in [-0.3, -0.25) is 0 Å². The van der Waals surface area contributed by atoms with Gasteiger partial charge in [-0.05, 0) is 12.1 Å². The van der Waals surface area contributed by atoms with Gasteiger partial charge in [-0.25, -0.2) is 0 Å². The third-order valence-corrected chi connectivity index (χ3v) is 11.7. The minimum absolute atomic E-state index is 0.244. The first-order valence-electron chi connectivity index (χ1n) is 15.9. The van der Waals surface area contributed by atoms with E-state index in [2.05, 4.69) is 91.0 Å². The molecule has 0 aliphatic carbocycles. The molecule has 0 aliphatic heterocycles. The summed E-state index contributed by atoms with van der Waals surface area (Å²) < 4.78 is 9.13. The van der Waals surface area contributed by atoms with Gasteiger partial charge in [-0.1, -0.05) is 24.3 Å². The predicted molar refractivity (Wildman–Crippen MR) is 198 cm³/mol. The van der Waals surface area contributed by atoms with Crippen LogP contribution in [-0.4, -0.2) is 29.5 Å². The van der Waals surface area contributed by atoms with E-state index in [0.29, 0.717) is 17.5 Å². The van der Waals surface area contributed by atoms with Gasteiger partial charge in [0.1, 0.15) is 5.58 Å². The number of furan rings is 1. The Morgan fingerprint density at radius 1 is 0.375 bits per heavy atom. The molecule has 3 aromatic heterocycles. The average molecular weight is 679 g/mol. The molecule has 5 heteroatoms. The Balaban J connectivity index is 1.22. The van der Waals surface area contributed by atoms with Crippen molar-refractivity contribution in [3.8, 4) is 45.3 Å². The molecule has 3 heterocycles. The van der Waals surface area contributed by atoms with Crippen molar-refractivity contribution in [1.29, 1.82) is 0 Å². The van der Waals surface area contributed by atoms with Crippen molar-refractivity contribution >= 4 is 66.5 Å². The van der Waals surface area contributed by atoms with Crippen LogP contribution in [0.15, 0.2) is 156 Å². The second-order valence-electron chi connectivity index (χ2n) is 11.9. The summed E-state index contributed by atoms with van der Waals surface area (Å²) >= 11 is 0.244. The first-order valence-corrected chi connectivity index (χ1v) is 17.7. The van der Waals surface area contributed by atoms with Crippen molar-refractivity contribution < 1.29 is 4.42 Å². The van der Waals surface area contributed by atoms with E-state index in [9.17, 15) is 0 Å². The molecule has 0 unspecified atom stereocenters. The SMILES string of the molecule is c1ccc(-c2nc(-c3ccc(-c4cccc5c4[se]c4ccccc45)c4ccccc34)nc(-c3cccc4oc5ccccc5c34)n2)cc1. The van der Waals surface area contributed by atoms with Gasteiger partial charge < -0.3 is 4.42 Å². The molecule has 48 heavy (non-hydrogen) atoms. The Hall–Kier alpha value is -5.87. The molecule has 0 atom stereocenters. The molecule has 4 nitrogen and oxygen atoms in total. The van der Waals surface area contributed by atoms with Crippen LogP contribution >= 0.6 is 0 Å². The number of nitrogens with zero attached hydrogens (tertiary/aromatic N) is 3. The van der Waals surface area contributed by atoms with Crippen molar-refractivity contribution in [1.82, 2.24) is 15.0 Å². The first-order chi connectivity index (χ1) is 23.8. The third-order valence-electron chi connectivity index (χ3n) is 9.17. The zero-order chi connectivity index (χ0) is 31.6. The molecule has 0 bridgehead atoms. The minimum atomic E-state index is 0.244. The van der Waals surface area contributed by atoms with Crippen molar-refractivity contribution in [3.05, 3.63) is 152 Å². The average Bonchev–Trinajstić information content (AvgIpc) is 3.73. The van der Waals surface area contributed by atoms with Gasteiger partial charge >= 0.3 is 236 Å². The summed E-state index contributed by atoms with van der Waals surface area (Å²) in [5.74, 6) is 1.89. The number of fused-ring (bicyclic) bond motifs is 7. The van der Waals surface area contributed by atoms with Crippen LogP contribution < -0.4 is 0 Å². The van der Waals surface area contributed by atoms with Gasteiger partial charge in [0.2, 0.25) is 0 Å². The number of hydrogen-bond acceptors (Lipinski definition) is 4. The van der Waals surface area contributed by atoms with Crippen molar-refractivity contribution in [3.63, 3.8) is 0 Å². The molecule has 0 amide bonds. The Kier molecular flexibility index (Phi) is 6.16. The van der Waals surface area contributed by atoms with Gasteiger partial charge in [-0.2, -0.15) is 0 Å². The fraction of sp³-hybridized carbons (Fsp3) is 0. The summed E-state index contributed by atoms with van der Waals surface area (Å²) in [5, 5.41) is 7.05. The summed E-state index contributed by atoms with van der Waals surface area (Å²) in [6.45, 7) is 0. The van der Waals surface area contributed by atoms with E-state index in [0.717, 1.165) is 44.0 Å². The maximum atomic E-state index is 6.24. The molecule has 224 valence electrons. The number of aromatic nitrogens is 3. The van der Waals surface area contributed by atoms with E-state index < -0.39 is 0 Å². The topological polar surface area (TPSA) is 51.8 Å². The van der Waals surface area contributed by atoms with Crippen molar-refractivity contribution in [2.45, 2.75) is 0 Å². The van der Waals surface area contributed by atoms with E-state index in [1.165, 1.54) is 35.8 Å². The van der Waals surface area contributed by atoms with E-state index in [-0.39, 0.29) is 14.5 Å². The van der Waals surface area contributed by atoms with Gasteiger partial charge in [0.15, 0.2) is 0 Å². The first kappa shape index (κ1) is 27.3. The van der Waals surface area contributed by atoms with Crippen LogP contribution in [0.4, 0.5) is 0 Å².